The molecule has 0 saturated heterocycles. The Morgan fingerprint density at radius 3 is 2.87 bits per heavy atom. The summed E-state index contributed by atoms with van der Waals surface area (Å²) in [7, 11) is 0. The van der Waals surface area contributed by atoms with E-state index in [-0.39, 0.29) is 12.0 Å². The molecule has 0 aromatic heterocycles. The van der Waals surface area contributed by atoms with E-state index in [2.05, 4.69) is 51.6 Å². The van der Waals surface area contributed by atoms with Gasteiger partial charge in [0.2, 0.25) is 0 Å². The lowest BCUT2D eigenvalue weighted by Crippen LogP contribution is -2.29. The molecular weight excluding hydrogens is 354 g/mol. The van der Waals surface area contributed by atoms with Crippen LogP contribution in [0.25, 0.3) is 0 Å². The lowest BCUT2D eigenvalue weighted by molar-refractivity contribution is 0.0696. The molecule has 0 bridgehead atoms. The molecule has 2 aliphatic rings. The van der Waals surface area contributed by atoms with E-state index >= 15 is 0 Å². The number of nitrogens with one attached hydrogen (secondary N) is 1. The highest BCUT2D eigenvalue weighted by Gasteiger charge is 2.38. The van der Waals surface area contributed by atoms with Crippen molar-refractivity contribution in [3.8, 4) is 0 Å². The van der Waals surface area contributed by atoms with Crippen molar-refractivity contribution in [3.05, 3.63) is 75.8 Å². The molecule has 2 aromatic rings. The molecule has 1 heterocycles. The largest absolute Gasteiger partial charge is 0.478 e. The molecule has 3 atom stereocenters. The van der Waals surface area contributed by atoms with Crippen molar-refractivity contribution in [1.82, 2.24) is 0 Å². The topological polar surface area (TPSA) is 49.3 Å². The highest BCUT2D eigenvalue weighted by Crippen LogP contribution is 2.50. The maximum Gasteiger partial charge on any atom is 0.335 e. The lowest BCUT2D eigenvalue weighted by Gasteiger charge is -2.37. The SMILES string of the molecule is O=C(O)c1ccc2c(c1)[C@@H]1C=CC[C@@H]1[C@H](c1cccc(Br)c1)N2. The Kier molecular flexibility index (Phi) is 3.49. The number of halogens is 1. The van der Waals surface area contributed by atoms with Gasteiger partial charge in [0.15, 0.2) is 0 Å². The van der Waals surface area contributed by atoms with Gasteiger partial charge in [-0.25, -0.2) is 4.79 Å². The van der Waals surface area contributed by atoms with Crippen LogP contribution in [-0.4, -0.2) is 11.1 Å². The first-order chi connectivity index (χ1) is 11.1. The summed E-state index contributed by atoms with van der Waals surface area (Å²) < 4.78 is 1.08. The summed E-state index contributed by atoms with van der Waals surface area (Å²) in [6, 6.07) is 14.0. The third kappa shape index (κ3) is 2.47. The summed E-state index contributed by atoms with van der Waals surface area (Å²) >= 11 is 3.55. The number of aromatic carboxylic acids is 1. The normalized spacial score (nSPS) is 24.7. The number of rotatable bonds is 2. The lowest BCUT2D eigenvalue weighted by atomic mass is 9.76. The van der Waals surface area contributed by atoms with Gasteiger partial charge < -0.3 is 10.4 Å². The molecule has 0 amide bonds. The van der Waals surface area contributed by atoms with Gasteiger partial charge in [0.1, 0.15) is 0 Å². The number of fused-ring (bicyclic) bond motifs is 3. The molecule has 0 radical (unpaired) electrons. The monoisotopic (exact) mass is 369 g/mol. The van der Waals surface area contributed by atoms with Gasteiger partial charge in [-0.05, 0) is 53.8 Å². The van der Waals surface area contributed by atoms with Crippen molar-refractivity contribution in [2.24, 2.45) is 5.92 Å². The first-order valence-electron chi connectivity index (χ1n) is 7.69. The van der Waals surface area contributed by atoms with Crippen LogP contribution in [0, 0.1) is 5.92 Å². The number of allylic oxidation sites excluding steroid dienone is 2. The van der Waals surface area contributed by atoms with Gasteiger partial charge >= 0.3 is 5.97 Å². The zero-order valence-corrected chi connectivity index (χ0v) is 14.0. The van der Waals surface area contributed by atoms with Crippen molar-refractivity contribution in [1.29, 1.82) is 0 Å². The van der Waals surface area contributed by atoms with Crippen LogP contribution in [-0.2, 0) is 0 Å². The third-order valence-electron chi connectivity index (χ3n) is 4.82. The number of benzene rings is 2. The molecule has 2 aromatic carbocycles. The summed E-state index contributed by atoms with van der Waals surface area (Å²) in [6.45, 7) is 0. The molecular formula is C19H16BrNO2. The van der Waals surface area contributed by atoms with Crippen LogP contribution in [0.2, 0.25) is 0 Å². The minimum atomic E-state index is -0.875. The molecule has 3 nitrogen and oxygen atoms in total. The summed E-state index contributed by atoms with van der Waals surface area (Å²) in [6.07, 6.45) is 5.44. The predicted octanol–water partition coefficient (Wildman–Crippen LogP) is 4.97. The van der Waals surface area contributed by atoms with E-state index in [1.54, 1.807) is 6.07 Å². The minimum absolute atomic E-state index is 0.232. The van der Waals surface area contributed by atoms with Crippen LogP contribution in [0.5, 0.6) is 0 Å². The molecule has 0 spiro atoms. The van der Waals surface area contributed by atoms with Gasteiger partial charge in [-0.1, -0.05) is 40.2 Å². The average molecular weight is 370 g/mol. The molecule has 23 heavy (non-hydrogen) atoms. The standard InChI is InChI=1S/C19H16BrNO2/c20-13-4-1-3-11(9-13)18-15-6-2-5-14(15)16-10-12(19(22)23)7-8-17(16)21-18/h1-5,7-10,14-15,18,21H,6H2,(H,22,23)/t14-,15+,18+/m1/s1. The first-order valence-corrected chi connectivity index (χ1v) is 8.48. The highest BCUT2D eigenvalue weighted by atomic mass is 79.9. The highest BCUT2D eigenvalue weighted by molar-refractivity contribution is 9.10. The molecule has 1 aliphatic heterocycles. The quantitative estimate of drug-likeness (QED) is 0.734. The van der Waals surface area contributed by atoms with E-state index in [0.717, 1.165) is 22.1 Å². The number of anilines is 1. The Bertz CT molecular complexity index is 815. The Morgan fingerprint density at radius 2 is 2.09 bits per heavy atom. The predicted molar refractivity (Wildman–Crippen MR) is 93.9 cm³/mol. The van der Waals surface area contributed by atoms with Crippen molar-refractivity contribution < 1.29 is 9.90 Å². The molecule has 4 rings (SSSR count). The van der Waals surface area contributed by atoms with Crippen molar-refractivity contribution >= 4 is 27.6 Å². The maximum absolute atomic E-state index is 11.3. The van der Waals surface area contributed by atoms with E-state index in [9.17, 15) is 9.90 Å². The fraction of sp³-hybridized carbons (Fsp3) is 0.211. The van der Waals surface area contributed by atoms with Crippen LogP contribution in [0.4, 0.5) is 5.69 Å². The second-order valence-corrected chi connectivity index (χ2v) is 7.05. The number of hydrogen-bond acceptors (Lipinski definition) is 2. The zero-order valence-electron chi connectivity index (χ0n) is 12.4. The van der Waals surface area contributed by atoms with Gasteiger partial charge in [0.25, 0.3) is 0 Å². The fourth-order valence-electron chi connectivity index (χ4n) is 3.76. The third-order valence-corrected chi connectivity index (χ3v) is 5.31. The molecule has 0 fully saturated rings. The number of carbonyl (C=O) groups is 1. The van der Waals surface area contributed by atoms with E-state index in [1.807, 2.05) is 18.2 Å². The van der Waals surface area contributed by atoms with E-state index in [4.69, 9.17) is 0 Å². The minimum Gasteiger partial charge on any atom is -0.478 e. The molecule has 2 N–H and O–H groups in total. The molecule has 1 aliphatic carbocycles. The molecule has 116 valence electrons. The van der Waals surface area contributed by atoms with Crippen molar-refractivity contribution in [3.63, 3.8) is 0 Å². The fourth-order valence-corrected chi connectivity index (χ4v) is 4.17. The maximum atomic E-state index is 11.3. The van der Waals surface area contributed by atoms with Gasteiger partial charge in [-0.15, -0.1) is 0 Å². The van der Waals surface area contributed by atoms with Crippen LogP contribution in [0.1, 0.15) is 39.9 Å². The van der Waals surface area contributed by atoms with Crippen molar-refractivity contribution in [2.45, 2.75) is 18.4 Å². The molecule has 0 unspecified atom stereocenters. The second kappa shape index (κ2) is 5.53. The Balaban J connectivity index is 1.79. The zero-order chi connectivity index (χ0) is 16.0. The smallest absolute Gasteiger partial charge is 0.335 e. The number of carboxylic acids is 1. The van der Waals surface area contributed by atoms with Crippen LogP contribution < -0.4 is 5.32 Å². The van der Waals surface area contributed by atoms with Gasteiger partial charge in [-0.3, -0.25) is 0 Å². The summed E-state index contributed by atoms with van der Waals surface area (Å²) in [5, 5.41) is 12.9. The van der Waals surface area contributed by atoms with E-state index in [0.29, 0.717) is 11.5 Å². The van der Waals surface area contributed by atoms with Crippen molar-refractivity contribution in [2.75, 3.05) is 5.32 Å². The van der Waals surface area contributed by atoms with E-state index < -0.39 is 5.97 Å². The van der Waals surface area contributed by atoms with Crippen LogP contribution in [0.15, 0.2) is 59.1 Å². The second-order valence-electron chi connectivity index (χ2n) is 6.14. The van der Waals surface area contributed by atoms with Crippen LogP contribution >= 0.6 is 15.9 Å². The number of carboxylic acid groups (broad SMARTS) is 1. The summed E-state index contributed by atoms with van der Waals surface area (Å²) in [4.78, 5) is 11.3. The average Bonchev–Trinajstić information content (AvgIpc) is 3.03. The van der Waals surface area contributed by atoms with Gasteiger partial charge in [0, 0.05) is 16.1 Å². The number of hydrogen-bond donors (Lipinski definition) is 2. The summed E-state index contributed by atoms with van der Waals surface area (Å²) in [5.41, 5.74) is 3.74. The Labute approximate surface area is 143 Å². The van der Waals surface area contributed by atoms with Gasteiger partial charge in [0.05, 0.1) is 11.6 Å². The van der Waals surface area contributed by atoms with Gasteiger partial charge in [-0.2, -0.15) is 0 Å². The van der Waals surface area contributed by atoms with Crippen LogP contribution in [0.3, 0.4) is 0 Å². The Morgan fingerprint density at radius 1 is 1.22 bits per heavy atom. The molecule has 4 heteroatoms. The summed E-state index contributed by atoms with van der Waals surface area (Å²) in [5.74, 6) is -0.184. The molecule has 0 saturated carbocycles. The van der Waals surface area contributed by atoms with E-state index in [1.165, 1.54) is 5.56 Å². The first kappa shape index (κ1) is 14.5. The Hall–Kier alpha value is -2.07.